The Labute approximate surface area is 83.6 Å². The zero-order valence-corrected chi connectivity index (χ0v) is 8.26. The summed E-state index contributed by atoms with van der Waals surface area (Å²) in [6, 6.07) is 5.05. The van der Waals surface area contributed by atoms with Crippen molar-refractivity contribution in [2.75, 3.05) is 0 Å². The highest BCUT2D eigenvalue weighted by atomic mass is 19.1. The van der Waals surface area contributed by atoms with Gasteiger partial charge in [0.15, 0.2) is 0 Å². The zero-order chi connectivity index (χ0) is 10.6. The van der Waals surface area contributed by atoms with Crippen LogP contribution in [0, 0.1) is 12.7 Å². The number of hydrazine groups is 1. The Kier molecular flexibility index (Phi) is 3.80. The van der Waals surface area contributed by atoms with Gasteiger partial charge in [-0.1, -0.05) is 18.2 Å². The molecular formula is C11H15FN2. The molecule has 0 spiro atoms. The summed E-state index contributed by atoms with van der Waals surface area (Å²) >= 11 is 0. The predicted octanol–water partition coefficient (Wildman–Crippen LogP) is 2.21. The van der Waals surface area contributed by atoms with Crippen LogP contribution in [-0.2, 0) is 0 Å². The first kappa shape index (κ1) is 10.9. The van der Waals surface area contributed by atoms with Gasteiger partial charge in [0.1, 0.15) is 5.82 Å². The van der Waals surface area contributed by atoms with E-state index in [2.05, 4.69) is 12.0 Å². The fourth-order valence-corrected chi connectivity index (χ4v) is 1.29. The van der Waals surface area contributed by atoms with Crippen LogP contribution in [0.2, 0.25) is 0 Å². The highest BCUT2D eigenvalue weighted by Gasteiger charge is 2.08. The lowest BCUT2D eigenvalue weighted by molar-refractivity contribution is 0.551. The molecule has 0 bridgehead atoms. The number of benzene rings is 1. The van der Waals surface area contributed by atoms with Crippen LogP contribution in [0.3, 0.4) is 0 Å². The monoisotopic (exact) mass is 194 g/mol. The van der Waals surface area contributed by atoms with Crippen molar-refractivity contribution in [1.29, 1.82) is 0 Å². The van der Waals surface area contributed by atoms with Crippen molar-refractivity contribution in [3.8, 4) is 0 Å². The molecule has 14 heavy (non-hydrogen) atoms. The molecule has 1 aromatic rings. The molecule has 0 aromatic heterocycles. The molecule has 3 N–H and O–H groups in total. The van der Waals surface area contributed by atoms with Gasteiger partial charge >= 0.3 is 0 Å². The van der Waals surface area contributed by atoms with Gasteiger partial charge in [-0.2, -0.15) is 0 Å². The van der Waals surface area contributed by atoms with E-state index in [4.69, 9.17) is 5.84 Å². The van der Waals surface area contributed by atoms with E-state index in [9.17, 15) is 4.39 Å². The van der Waals surface area contributed by atoms with Crippen LogP contribution in [0.5, 0.6) is 0 Å². The summed E-state index contributed by atoms with van der Waals surface area (Å²) in [6.45, 7) is 5.36. The maximum Gasteiger partial charge on any atom is 0.126 e. The molecule has 0 amide bonds. The number of rotatable bonds is 4. The fraction of sp³-hybridized carbons (Fsp3) is 0.273. The molecule has 0 saturated carbocycles. The molecule has 0 heterocycles. The fourth-order valence-electron chi connectivity index (χ4n) is 1.29. The van der Waals surface area contributed by atoms with E-state index < -0.39 is 0 Å². The van der Waals surface area contributed by atoms with Crippen molar-refractivity contribution in [1.82, 2.24) is 5.43 Å². The van der Waals surface area contributed by atoms with Gasteiger partial charge in [-0.05, 0) is 30.5 Å². The molecule has 1 rings (SSSR count). The molecule has 0 aliphatic heterocycles. The highest BCUT2D eigenvalue weighted by molar-refractivity contribution is 5.26. The summed E-state index contributed by atoms with van der Waals surface area (Å²) in [7, 11) is 0. The summed E-state index contributed by atoms with van der Waals surface area (Å²) in [5.41, 5.74) is 4.11. The molecule has 76 valence electrons. The van der Waals surface area contributed by atoms with Gasteiger partial charge in [-0.3, -0.25) is 11.3 Å². The van der Waals surface area contributed by atoms with Crippen LogP contribution in [0.25, 0.3) is 0 Å². The van der Waals surface area contributed by atoms with E-state index in [-0.39, 0.29) is 11.9 Å². The van der Waals surface area contributed by atoms with E-state index in [0.29, 0.717) is 12.0 Å². The minimum Gasteiger partial charge on any atom is -0.271 e. The number of aryl methyl sites for hydroxylation is 1. The Morgan fingerprint density at radius 2 is 2.36 bits per heavy atom. The first-order chi connectivity index (χ1) is 6.69. The van der Waals surface area contributed by atoms with Crippen LogP contribution in [0.15, 0.2) is 30.9 Å². The van der Waals surface area contributed by atoms with Gasteiger partial charge in [0.05, 0.1) is 0 Å². The van der Waals surface area contributed by atoms with Crippen LogP contribution >= 0.6 is 0 Å². The predicted molar refractivity (Wildman–Crippen MR) is 56.0 cm³/mol. The average molecular weight is 194 g/mol. The van der Waals surface area contributed by atoms with Crippen molar-refractivity contribution in [2.24, 2.45) is 5.84 Å². The van der Waals surface area contributed by atoms with E-state index in [1.165, 1.54) is 6.07 Å². The molecule has 0 saturated heterocycles. The van der Waals surface area contributed by atoms with Crippen LogP contribution in [-0.4, -0.2) is 0 Å². The summed E-state index contributed by atoms with van der Waals surface area (Å²) in [4.78, 5) is 0. The molecule has 0 radical (unpaired) electrons. The Bertz CT molecular complexity index is 323. The zero-order valence-electron chi connectivity index (χ0n) is 8.26. The topological polar surface area (TPSA) is 38.0 Å². The van der Waals surface area contributed by atoms with Crippen molar-refractivity contribution < 1.29 is 4.39 Å². The Morgan fingerprint density at radius 1 is 1.64 bits per heavy atom. The SMILES string of the molecule is C=CCC(NN)c1ccc(C)c(F)c1. The minimum absolute atomic E-state index is 0.0670. The highest BCUT2D eigenvalue weighted by Crippen LogP contribution is 2.18. The second-order valence-electron chi connectivity index (χ2n) is 3.25. The lowest BCUT2D eigenvalue weighted by atomic mass is 10.0. The quantitative estimate of drug-likeness (QED) is 0.438. The molecule has 0 fully saturated rings. The van der Waals surface area contributed by atoms with Gasteiger partial charge < -0.3 is 0 Å². The number of nitrogens with two attached hydrogens (primary N) is 1. The lowest BCUT2D eigenvalue weighted by Gasteiger charge is -2.14. The second kappa shape index (κ2) is 4.88. The standard InChI is InChI=1S/C11H15FN2/c1-3-4-11(14-13)9-6-5-8(2)10(12)7-9/h3,5-7,11,14H,1,4,13H2,2H3. The van der Waals surface area contributed by atoms with Crippen molar-refractivity contribution >= 4 is 0 Å². The van der Waals surface area contributed by atoms with Crippen molar-refractivity contribution in [2.45, 2.75) is 19.4 Å². The van der Waals surface area contributed by atoms with Gasteiger partial charge in [0.2, 0.25) is 0 Å². The summed E-state index contributed by atoms with van der Waals surface area (Å²) in [5.74, 6) is 5.16. The van der Waals surface area contributed by atoms with E-state index in [0.717, 1.165) is 5.56 Å². The minimum atomic E-state index is -0.202. The first-order valence-electron chi connectivity index (χ1n) is 4.52. The summed E-state index contributed by atoms with van der Waals surface area (Å²) in [6.07, 6.45) is 2.43. The molecule has 1 aromatic carbocycles. The summed E-state index contributed by atoms with van der Waals surface area (Å²) in [5, 5.41) is 0. The Hall–Kier alpha value is -1.19. The van der Waals surface area contributed by atoms with Gasteiger partial charge in [-0.25, -0.2) is 4.39 Å². The second-order valence-corrected chi connectivity index (χ2v) is 3.25. The molecular weight excluding hydrogens is 179 g/mol. The normalized spacial score (nSPS) is 12.5. The molecule has 1 unspecified atom stereocenters. The van der Waals surface area contributed by atoms with Crippen LogP contribution in [0.4, 0.5) is 4.39 Å². The number of hydrogen-bond acceptors (Lipinski definition) is 2. The third-order valence-electron chi connectivity index (χ3n) is 2.20. The maximum atomic E-state index is 13.2. The van der Waals surface area contributed by atoms with E-state index >= 15 is 0 Å². The first-order valence-corrected chi connectivity index (χ1v) is 4.52. The lowest BCUT2D eigenvalue weighted by Crippen LogP contribution is -2.27. The average Bonchev–Trinajstić information content (AvgIpc) is 2.19. The smallest absolute Gasteiger partial charge is 0.126 e. The third kappa shape index (κ3) is 2.40. The van der Waals surface area contributed by atoms with Crippen molar-refractivity contribution in [3.63, 3.8) is 0 Å². The Balaban J connectivity index is 2.93. The van der Waals surface area contributed by atoms with Gasteiger partial charge in [-0.15, -0.1) is 6.58 Å². The summed E-state index contributed by atoms with van der Waals surface area (Å²) < 4.78 is 13.2. The number of hydrogen-bond donors (Lipinski definition) is 2. The molecule has 3 heteroatoms. The Morgan fingerprint density at radius 3 is 2.86 bits per heavy atom. The van der Waals surface area contributed by atoms with Crippen LogP contribution < -0.4 is 11.3 Å². The number of nitrogens with one attached hydrogen (secondary N) is 1. The largest absolute Gasteiger partial charge is 0.271 e. The van der Waals surface area contributed by atoms with Gasteiger partial charge in [0.25, 0.3) is 0 Å². The third-order valence-corrected chi connectivity index (χ3v) is 2.20. The molecule has 0 aliphatic carbocycles. The molecule has 1 atom stereocenters. The van der Waals surface area contributed by atoms with E-state index in [1.54, 1.807) is 19.1 Å². The molecule has 0 aliphatic rings. The van der Waals surface area contributed by atoms with Gasteiger partial charge in [0, 0.05) is 6.04 Å². The van der Waals surface area contributed by atoms with Crippen molar-refractivity contribution in [3.05, 3.63) is 47.8 Å². The van der Waals surface area contributed by atoms with Crippen LogP contribution in [0.1, 0.15) is 23.6 Å². The maximum absolute atomic E-state index is 13.2. The number of halogens is 1. The van der Waals surface area contributed by atoms with E-state index in [1.807, 2.05) is 6.07 Å². The molecule has 2 nitrogen and oxygen atoms in total.